The molecule has 2 unspecified atom stereocenters. The van der Waals surface area contributed by atoms with Crippen LogP contribution in [0.15, 0.2) is 28.0 Å². The number of anilines is 1. The summed E-state index contributed by atoms with van der Waals surface area (Å²) < 4.78 is 13.4. The second kappa shape index (κ2) is 7.84. The Kier molecular flexibility index (Phi) is 5.03. The molecule has 6 rings (SSSR count). The second-order valence-corrected chi connectivity index (χ2v) is 11.0. The predicted molar refractivity (Wildman–Crippen MR) is 124 cm³/mol. The van der Waals surface area contributed by atoms with E-state index in [4.69, 9.17) is 9.15 Å². The van der Waals surface area contributed by atoms with E-state index in [0.717, 1.165) is 23.1 Å². The molecule has 3 aromatic heterocycles. The average molecular weight is 488 g/mol. The van der Waals surface area contributed by atoms with Crippen LogP contribution in [0.5, 0.6) is 0 Å². The van der Waals surface area contributed by atoms with E-state index < -0.39 is 0 Å². The third kappa shape index (κ3) is 3.66. The Morgan fingerprint density at radius 1 is 1.42 bits per heavy atom. The molecule has 0 bridgehead atoms. The zero-order valence-corrected chi connectivity index (χ0v) is 20.2. The lowest BCUT2D eigenvalue weighted by Gasteiger charge is -2.34. The van der Waals surface area contributed by atoms with Gasteiger partial charge in [-0.25, -0.2) is 9.99 Å². The zero-order valence-electron chi connectivity index (χ0n) is 18.5. The van der Waals surface area contributed by atoms with Gasteiger partial charge in [-0.15, -0.1) is 21.5 Å². The summed E-state index contributed by atoms with van der Waals surface area (Å²) in [6, 6.07) is 3.64. The van der Waals surface area contributed by atoms with Crippen molar-refractivity contribution in [1.29, 1.82) is 0 Å². The van der Waals surface area contributed by atoms with E-state index in [1.54, 1.807) is 23.7 Å². The van der Waals surface area contributed by atoms with Crippen LogP contribution in [-0.4, -0.2) is 38.2 Å². The van der Waals surface area contributed by atoms with Gasteiger partial charge in [0.2, 0.25) is 11.9 Å². The number of carbonyl (C=O) groups is 1. The number of furan rings is 1. The third-order valence-corrected chi connectivity index (χ3v) is 8.12. The molecule has 3 aliphatic heterocycles. The lowest BCUT2D eigenvalue weighted by molar-refractivity contribution is -0.118. The van der Waals surface area contributed by atoms with Crippen LogP contribution in [0.25, 0.3) is 5.00 Å². The largest absolute Gasteiger partial charge is 0.467 e. The number of rotatable bonds is 5. The van der Waals surface area contributed by atoms with Crippen LogP contribution >= 0.6 is 23.1 Å². The normalized spacial score (nSPS) is 22.5. The Bertz CT molecular complexity index is 1200. The average Bonchev–Trinajstić information content (AvgIpc) is 3.54. The summed E-state index contributed by atoms with van der Waals surface area (Å²) in [6.07, 6.45) is 2.52. The minimum atomic E-state index is -0.207. The summed E-state index contributed by atoms with van der Waals surface area (Å²) in [7, 11) is 0. The summed E-state index contributed by atoms with van der Waals surface area (Å²) in [5.41, 5.74) is 5.84. The maximum absolute atomic E-state index is 12.4. The Morgan fingerprint density at radius 2 is 2.30 bits per heavy atom. The van der Waals surface area contributed by atoms with Crippen LogP contribution in [0.4, 0.5) is 5.95 Å². The van der Waals surface area contributed by atoms with Crippen molar-refractivity contribution in [2.45, 2.75) is 63.4 Å². The molecule has 12 heteroatoms. The van der Waals surface area contributed by atoms with Crippen LogP contribution in [-0.2, 0) is 29.1 Å². The van der Waals surface area contributed by atoms with Crippen LogP contribution in [0.1, 0.15) is 48.7 Å². The first-order chi connectivity index (χ1) is 15.9. The minimum absolute atomic E-state index is 0.0185. The molecule has 0 spiro atoms. The monoisotopic (exact) mass is 487 g/mol. The van der Waals surface area contributed by atoms with E-state index in [0.29, 0.717) is 18.3 Å². The molecule has 6 heterocycles. The Morgan fingerprint density at radius 3 is 3.12 bits per heavy atom. The van der Waals surface area contributed by atoms with Gasteiger partial charge in [-0.3, -0.25) is 15.1 Å². The van der Waals surface area contributed by atoms with E-state index in [2.05, 4.69) is 56.6 Å². The van der Waals surface area contributed by atoms with Gasteiger partial charge in [0, 0.05) is 16.9 Å². The fraction of sp³-hybridized carbons (Fsp3) is 0.476. The minimum Gasteiger partial charge on any atom is -0.467 e. The highest BCUT2D eigenvalue weighted by atomic mass is 32.2. The van der Waals surface area contributed by atoms with Crippen LogP contribution in [0.3, 0.4) is 0 Å². The zero-order chi connectivity index (χ0) is 22.7. The highest BCUT2D eigenvalue weighted by molar-refractivity contribution is 7.99. The molecule has 1 amide bonds. The number of amides is 1. The molecule has 1 fully saturated rings. The van der Waals surface area contributed by atoms with E-state index in [9.17, 15) is 4.79 Å². The number of fused-ring (bicyclic) bond motifs is 8. The molecule has 3 aliphatic rings. The van der Waals surface area contributed by atoms with Gasteiger partial charge in [-0.1, -0.05) is 11.8 Å². The number of aromatic nitrogens is 3. The highest BCUT2D eigenvalue weighted by Crippen LogP contribution is 2.48. The van der Waals surface area contributed by atoms with Crippen LogP contribution in [0.2, 0.25) is 0 Å². The van der Waals surface area contributed by atoms with E-state index >= 15 is 0 Å². The van der Waals surface area contributed by atoms with Crippen molar-refractivity contribution in [3.05, 3.63) is 40.2 Å². The predicted octanol–water partition coefficient (Wildman–Crippen LogP) is 2.45. The first-order valence-corrected chi connectivity index (χ1v) is 12.7. The summed E-state index contributed by atoms with van der Waals surface area (Å²) in [6.45, 7) is 7.33. The first kappa shape index (κ1) is 21.2. The van der Waals surface area contributed by atoms with Gasteiger partial charge in [0.25, 0.3) is 0 Å². The molecule has 10 nitrogen and oxygen atoms in total. The fourth-order valence-corrected chi connectivity index (χ4v) is 6.58. The molecule has 0 radical (unpaired) electrons. The summed E-state index contributed by atoms with van der Waals surface area (Å²) in [5, 5.41) is 19.3. The van der Waals surface area contributed by atoms with Crippen molar-refractivity contribution < 1.29 is 13.9 Å². The first-order valence-electron chi connectivity index (χ1n) is 10.9. The third-order valence-electron chi connectivity index (χ3n) is 5.99. The van der Waals surface area contributed by atoms with Crippen molar-refractivity contribution in [3.8, 4) is 5.00 Å². The molecular weight excluding hydrogens is 462 g/mol. The molecule has 33 heavy (non-hydrogen) atoms. The lowest BCUT2D eigenvalue weighted by atomic mass is 9.92. The smallest absolute Gasteiger partial charge is 0.249 e. The van der Waals surface area contributed by atoms with Crippen molar-refractivity contribution in [2.75, 3.05) is 10.8 Å². The van der Waals surface area contributed by atoms with Crippen molar-refractivity contribution >= 4 is 35.0 Å². The molecule has 0 saturated carbocycles. The SMILES string of the molecule is CC1NC2c3c(sc4c3CC(C)(C)OC4)-n3c(SCC(=O)NCc4ccco4)nnc3N2N1. The molecule has 0 aromatic carbocycles. The molecule has 174 valence electrons. The topological polar surface area (TPSA) is 109 Å². The molecule has 3 N–H and O–H groups in total. The Hall–Kier alpha value is -2.38. The lowest BCUT2D eigenvalue weighted by Crippen LogP contribution is -2.40. The Labute approximate surface area is 199 Å². The van der Waals surface area contributed by atoms with Crippen LogP contribution < -0.4 is 21.1 Å². The molecule has 0 aliphatic carbocycles. The fourth-order valence-electron chi connectivity index (χ4n) is 4.50. The van der Waals surface area contributed by atoms with Crippen molar-refractivity contribution in [3.63, 3.8) is 0 Å². The number of thiophene rings is 1. The number of carbonyl (C=O) groups excluding carboxylic acids is 1. The maximum atomic E-state index is 12.4. The van der Waals surface area contributed by atoms with Gasteiger partial charge < -0.3 is 14.5 Å². The summed E-state index contributed by atoms with van der Waals surface area (Å²) in [4.78, 5) is 13.7. The number of nitrogens with zero attached hydrogens (tertiary/aromatic N) is 4. The molecular formula is C21H25N7O3S2. The molecule has 2 atom stereocenters. The second-order valence-electron chi connectivity index (χ2n) is 9.00. The van der Waals surface area contributed by atoms with Crippen molar-refractivity contribution in [2.24, 2.45) is 0 Å². The number of thioether (sulfide) groups is 1. The summed E-state index contributed by atoms with van der Waals surface area (Å²) in [5.74, 6) is 1.60. The van der Waals surface area contributed by atoms with Gasteiger partial charge in [-0.05, 0) is 38.5 Å². The number of hydrogen-bond acceptors (Lipinski definition) is 10. The quantitative estimate of drug-likeness (QED) is 0.468. The van der Waals surface area contributed by atoms with E-state index in [1.165, 1.54) is 27.8 Å². The van der Waals surface area contributed by atoms with Gasteiger partial charge >= 0.3 is 0 Å². The summed E-state index contributed by atoms with van der Waals surface area (Å²) >= 11 is 3.11. The standard InChI is InChI=1S/C21H25N7O3S2/c1-11-23-17-16-13-7-21(2,3)31-9-14(13)33-18(16)27-19(28(17)26-11)24-25-20(27)32-10-15(29)22-8-12-5-4-6-30-12/h4-6,11,17,23,26H,7-10H2,1-3H3,(H,22,29). The van der Waals surface area contributed by atoms with Gasteiger partial charge in [0.1, 0.15) is 16.9 Å². The van der Waals surface area contributed by atoms with E-state index in [-0.39, 0.29) is 29.6 Å². The Balaban J connectivity index is 1.30. The number of hydrogen-bond donors (Lipinski definition) is 3. The number of nitrogens with one attached hydrogen (secondary N) is 3. The number of ether oxygens (including phenoxy) is 1. The van der Waals surface area contributed by atoms with Gasteiger partial charge in [0.05, 0.1) is 36.9 Å². The molecule has 1 saturated heterocycles. The highest BCUT2D eigenvalue weighted by Gasteiger charge is 2.45. The van der Waals surface area contributed by atoms with Crippen LogP contribution in [0, 0.1) is 0 Å². The van der Waals surface area contributed by atoms with E-state index in [1.807, 2.05) is 6.07 Å². The number of hydrazine groups is 1. The van der Waals surface area contributed by atoms with Gasteiger partial charge in [-0.2, -0.15) is 0 Å². The van der Waals surface area contributed by atoms with Gasteiger partial charge in [0.15, 0.2) is 5.16 Å². The maximum Gasteiger partial charge on any atom is 0.249 e. The molecule has 3 aromatic rings. The van der Waals surface area contributed by atoms with Crippen molar-refractivity contribution in [1.82, 2.24) is 30.8 Å².